The first-order valence-electron chi connectivity index (χ1n) is 11.0. The molecule has 0 aliphatic carbocycles. The van der Waals surface area contributed by atoms with Crippen LogP contribution in [0.4, 0.5) is 0 Å². The van der Waals surface area contributed by atoms with Gasteiger partial charge in [-0.3, -0.25) is 4.79 Å². The van der Waals surface area contributed by atoms with Crippen molar-refractivity contribution in [3.8, 4) is 17.2 Å². The number of ether oxygens (including phenoxy) is 2. The summed E-state index contributed by atoms with van der Waals surface area (Å²) < 4.78 is 16.9. The number of carbonyl (C=O) groups is 1. The summed E-state index contributed by atoms with van der Waals surface area (Å²) in [4.78, 5) is 26.4. The summed E-state index contributed by atoms with van der Waals surface area (Å²) in [6, 6.07) is 9.47. The topological polar surface area (TPSA) is 90.4 Å². The molecule has 1 aromatic heterocycles. The first-order valence-corrected chi connectivity index (χ1v) is 11.0. The molecule has 32 heavy (non-hydrogen) atoms. The maximum Gasteiger partial charge on any atom is 0.338 e. The highest BCUT2D eigenvalue weighted by molar-refractivity contribution is 5.89. The highest BCUT2D eigenvalue weighted by Crippen LogP contribution is 2.30. The van der Waals surface area contributed by atoms with Crippen LogP contribution in [0.5, 0.6) is 17.2 Å². The lowest BCUT2D eigenvalue weighted by Crippen LogP contribution is -3.10. The molecule has 2 aromatic carbocycles. The minimum atomic E-state index is -0.400. The maximum absolute atomic E-state index is 13.2. The van der Waals surface area contributed by atoms with E-state index in [-0.39, 0.29) is 16.9 Å². The molecule has 0 unspecified atom stereocenters. The fraction of sp³-hybridized carbons (Fsp3) is 0.360. The molecular weight excluding hydrogens is 410 g/mol. The number of aromatic hydroxyl groups is 1. The molecule has 3 aromatic rings. The van der Waals surface area contributed by atoms with Crippen LogP contribution in [0.25, 0.3) is 11.0 Å². The number of aryl methyl sites for hydroxylation is 1. The van der Waals surface area contributed by atoms with Crippen LogP contribution < -0.4 is 15.1 Å². The molecule has 0 aliphatic rings. The Balaban J connectivity index is 1.94. The lowest BCUT2D eigenvalue weighted by Gasteiger charge is -2.17. The summed E-state index contributed by atoms with van der Waals surface area (Å²) in [7, 11) is 0. The van der Waals surface area contributed by atoms with Gasteiger partial charge < -0.3 is 23.9 Å². The number of hydrogen-bond acceptors (Lipinski definition) is 6. The second kappa shape index (κ2) is 10.3. The Kier molecular flexibility index (Phi) is 7.53. The summed E-state index contributed by atoms with van der Waals surface area (Å²) in [5.41, 5.74) is 1.09. The van der Waals surface area contributed by atoms with E-state index in [2.05, 4.69) is 13.8 Å². The van der Waals surface area contributed by atoms with Crippen LogP contribution in [0.2, 0.25) is 0 Å². The van der Waals surface area contributed by atoms with E-state index in [4.69, 9.17) is 13.9 Å². The van der Waals surface area contributed by atoms with Gasteiger partial charge in [0, 0.05) is 0 Å². The van der Waals surface area contributed by atoms with Crippen molar-refractivity contribution in [3.05, 3.63) is 63.5 Å². The summed E-state index contributed by atoms with van der Waals surface area (Å²) in [6.07, 6.45) is 0.750. The largest absolute Gasteiger partial charge is 0.507 e. The van der Waals surface area contributed by atoms with Gasteiger partial charge in [0.05, 0.1) is 36.2 Å². The Morgan fingerprint density at radius 2 is 1.75 bits per heavy atom. The zero-order valence-corrected chi connectivity index (χ0v) is 19.0. The summed E-state index contributed by atoms with van der Waals surface area (Å²) >= 11 is 0. The monoisotopic (exact) mass is 440 g/mol. The lowest BCUT2D eigenvalue weighted by atomic mass is 10.1. The van der Waals surface area contributed by atoms with E-state index in [9.17, 15) is 14.7 Å². The van der Waals surface area contributed by atoms with Crippen LogP contribution in [0.1, 0.15) is 48.9 Å². The third kappa shape index (κ3) is 4.94. The molecule has 7 heteroatoms. The van der Waals surface area contributed by atoms with E-state index in [0.717, 1.165) is 19.5 Å². The second-order valence-electron chi connectivity index (χ2n) is 7.65. The van der Waals surface area contributed by atoms with Crippen molar-refractivity contribution in [2.45, 2.75) is 40.7 Å². The Morgan fingerprint density at radius 3 is 2.38 bits per heavy atom. The highest BCUT2D eigenvalue weighted by Gasteiger charge is 2.21. The summed E-state index contributed by atoms with van der Waals surface area (Å²) in [5.74, 6) is 0.500. The van der Waals surface area contributed by atoms with Gasteiger partial charge in [-0.1, -0.05) is 6.92 Å². The van der Waals surface area contributed by atoms with Crippen molar-refractivity contribution in [2.75, 3.05) is 19.7 Å². The fourth-order valence-corrected chi connectivity index (χ4v) is 3.49. The number of hydrogen-bond donors (Lipinski definition) is 2. The van der Waals surface area contributed by atoms with Gasteiger partial charge in [0.1, 0.15) is 23.8 Å². The Labute approximate surface area is 187 Å². The van der Waals surface area contributed by atoms with Crippen molar-refractivity contribution in [1.29, 1.82) is 0 Å². The number of rotatable bonds is 9. The zero-order chi connectivity index (χ0) is 23.3. The molecule has 0 spiro atoms. The van der Waals surface area contributed by atoms with Crippen molar-refractivity contribution < 1.29 is 28.7 Å². The average Bonchev–Trinajstić information content (AvgIpc) is 2.80. The molecule has 0 saturated heterocycles. The van der Waals surface area contributed by atoms with Gasteiger partial charge in [-0.25, -0.2) is 4.79 Å². The van der Waals surface area contributed by atoms with Crippen LogP contribution in [-0.2, 0) is 11.3 Å². The first kappa shape index (κ1) is 23.3. The molecule has 0 aliphatic heterocycles. The molecule has 1 heterocycles. The van der Waals surface area contributed by atoms with Crippen LogP contribution in [0.3, 0.4) is 0 Å². The van der Waals surface area contributed by atoms with Crippen LogP contribution >= 0.6 is 0 Å². The van der Waals surface area contributed by atoms with E-state index >= 15 is 0 Å². The van der Waals surface area contributed by atoms with Crippen molar-refractivity contribution in [1.82, 2.24) is 0 Å². The van der Waals surface area contributed by atoms with Crippen molar-refractivity contribution in [2.24, 2.45) is 0 Å². The zero-order valence-electron chi connectivity index (χ0n) is 19.0. The second-order valence-corrected chi connectivity index (χ2v) is 7.65. The molecule has 0 radical (unpaired) electrons. The number of phenolic OH excluding ortho intramolecular Hbond substituents is 1. The van der Waals surface area contributed by atoms with Crippen LogP contribution in [0.15, 0.2) is 45.6 Å². The fourth-order valence-electron chi connectivity index (χ4n) is 3.49. The van der Waals surface area contributed by atoms with Gasteiger partial charge >= 0.3 is 5.97 Å². The summed E-state index contributed by atoms with van der Waals surface area (Å²) in [5, 5.41) is 10.8. The van der Waals surface area contributed by atoms with Gasteiger partial charge in [0.25, 0.3) is 0 Å². The van der Waals surface area contributed by atoms with Gasteiger partial charge in [-0.2, -0.15) is 0 Å². The molecule has 0 saturated carbocycles. The number of phenols is 1. The van der Waals surface area contributed by atoms with Crippen molar-refractivity contribution >= 4 is 16.9 Å². The van der Waals surface area contributed by atoms with E-state index in [1.165, 1.54) is 11.0 Å². The molecule has 170 valence electrons. The molecular formula is C25H30NO6+. The minimum Gasteiger partial charge on any atom is -0.507 e. The average molecular weight is 441 g/mol. The Bertz CT molecular complexity index is 1150. The maximum atomic E-state index is 13.2. The van der Waals surface area contributed by atoms with Gasteiger partial charge in [-0.15, -0.1) is 0 Å². The molecule has 2 N–H and O–H groups in total. The molecule has 0 amide bonds. The number of benzene rings is 2. The molecule has 0 bridgehead atoms. The number of fused-ring (bicyclic) bond motifs is 1. The molecule has 0 fully saturated rings. The summed E-state index contributed by atoms with van der Waals surface area (Å²) in [6.45, 7) is 10.4. The number of esters is 1. The van der Waals surface area contributed by atoms with Gasteiger partial charge in [0.2, 0.25) is 11.2 Å². The third-order valence-corrected chi connectivity index (χ3v) is 5.44. The predicted octanol–water partition coefficient (Wildman–Crippen LogP) is 3.59. The molecule has 7 nitrogen and oxygen atoms in total. The standard InChI is InChI=1S/C25H29NO6/c1-5-14-30-25(29)17-8-10-18(11-9-17)32-23-16(4)31-24-19(22(23)28)12-13-21(27)20(24)15-26(6-2)7-3/h8-13,27H,5-7,14-15H2,1-4H3/p+1. The smallest absolute Gasteiger partial charge is 0.338 e. The van der Waals surface area contributed by atoms with E-state index in [1.807, 2.05) is 6.92 Å². The highest BCUT2D eigenvalue weighted by atomic mass is 16.5. The SMILES string of the molecule is CCCOC(=O)c1ccc(Oc2c(C)oc3c(C[NH+](CC)CC)c(O)ccc3c2=O)cc1. The third-order valence-electron chi connectivity index (χ3n) is 5.44. The van der Waals surface area contributed by atoms with Crippen LogP contribution in [-0.4, -0.2) is 30.8 Å². The van der Waals surface area contributed by atoms with E-state index in [0.29, 0.717) is 46.8 Å². The van der Waals surface area contributed by atoms with Gasteiger partial charge in [0.15, 0.2) is 5.58 Å². The Hall–Kier alpha value is -3.32. The van der Waals surface area contributed by atoms with E-state index in [1.54, 1.807) is 37.3 Å². The molecule has 0 atom stereocenters. The molecule has 3 rings (SSSR count). The number of carbonyl (C=O) groups excluding carboxylic acids is 1. The lowest BCUT2D eigenvalue weighted by molar-refractivity contribution is -0.910. The number of quaternary nitrogens is 1. The number of nitrogens with one attached hydrogen (secondary N) is 1. The van der Waals surface area contributed by atoms with Gasteiger partial charge in [-0.05, 0) is 63.6 Å². The van der Waals surface area contributed by atoms with Crippen molar-refractivity contribution in [3.63, 3.8) is 0 Å². The predicted molar refractivity (Wildman–Crippen MR) is 122 cm³/mol. The van der Waals surface area contributed by atoms with E-state index < -0.39 is 5.97 Å². The Morgan fingerprint density at radius 1 is 1.06 bits per heavy atom. The first-order chi connectivity index (χ1) is 15.4. The van der Waals surface area contributed by atoms with Crippen LogP contribution in [0, 0.1) is 6.92 Å². The minimum absolute atomic E-state index is 0.0747. The normalized spacial score (nSPS) is 11.2. The quantitative estimate of drug-likeness (QED) is 0.494.